The summed E-state index contributed by atoms with van der Waals surface area (Å²) in [4.78, 5) is 35.3. The van der Waals surface area contributed by atoms with E-state index in [-0.39, 0.29) is 24.2 Å². The van der Waals surface area contributed by atoms with E-state index in [1.165, 1.54) is 12.4 Å². The Morgan fingerprint density at radius 1 is 1.29 bits per heavy atom. The maximum Gasteiger partial charge on any atom is 0.247 e. The number of halogens is 2. The first kappa shape index (κ1) is 27.5. The standard InChI is InChI=1S/C27H30BrFN6O3/c1-3-25(36)33-23-13-19-22(31-16-32-27(19)34-21-8-7-17(28)12-20(21)29)14-24(23)38-11-10-35(26(37)4-2)18-6-5-9-30-15-18/h3,7-8,12-14,16,18,30H,1,4-6,9-11,15H2,2H3,(H,33,36)(H,31,32,34). The second-order valence-electron chi connectivity index (χ2n) is 8.82. The van der Waals surface area contributed by atoms with Gasteiger partial charge in [-0.05, 0) is 49.7 Å². The third kappa shape index (κ3) is 6.65. The number of rotatable bonds is 10. The largest absolute Gasteiger partial charge is 0.489 e. The quantitative estimate of drug-likeness (QED) is 0.294. The van der Waals surface area contributed by atoms with E-state index in [0.717, 1.165) is 32.0 Å². The zero-order chi connectivity index (χ0) is 27.1. The van der Waals surface area contributed by atoms with Gasteiger partial charge in [-0.25, -0.2) is 14.4 Å². The molecule has 1 aliphatic rings. The highest BCUT2D eigenvalue weighted by Crippen LogP contribution is 2.34. The molecular formula is C27H30BrFN6O3. The van der Waals surface area contributed by atoms with E-state index in [2.05, 4.69) is 48.4 Å². The number of nitrogens with one attached hydrogen (secondary N) is 3. The van der Waals surface area contributed by atoms with Crippen molar-refractivity contribution in [1.82, 2.24) is 20.2 Å². The van der Waals surface area contributed by atoms with E-state index in [0.29, 0.717) is 45.6 Å². The first-order chi connectivity index (χ1) is 18.4. The Hall–Kier alpha value is -3.57. The Bertz CT molecular complexity index is 1330. The van der Waals surface area contributed by atoms with Gasteiger partial charge >= 0.3 is 0 Å². The lowest BCUT2D eigenvalue weighted by molar-refractivity contribution is -0.134. The molecule has 0 bridgehead atoms. The van der Waals surface area contributed by atoms with Gasteiger partial charge in [-0.2, -0.15) is 0 Å². The highest BCUT2D eigenvalue weighted by atomic mass is 79.9. The molecular weight excluding hydrogens is 555 g/mol. The van der Waals surface area contributed by atoms with Gasteiger partial charge in [0.2, 0.25) is 11.8 Å². The molecule has 2 aromatic carbocycles. The molecule has 0 spiro atoms. The Labute approximate surface area is 229 Å². The topological polar surface area (TPSA) is 108 Å². The fourth-order valence-corrected chi connectivity index (χ4v) is 4.70. The summed E-state index contributed by atoms with van der Waals surface area (Å²) in [6.07, 6.45) is 4.90. The van der Waals surface area contributed by atoms with Crippen LogP contribution in [0.2, 0.25) is 0 Å². The Morgan fingerprint density at radius 3 is 2.84 bits per heavy atom. The summed E-state index contributed by atoms with van der Waals surface area (Å²) in [7, 11) is 0. The molecule has 2 heterocycles. The maximum atomic E-state index is 14.5. The second kappa shape index (κ2) is 12.8. The molecule has 0 radical (unpaired) electrons. The minimum absolute atomic E-state index is 0.0737. The average molecular weight is 585 g/mol. The Kier molecular flexibility index (Phi) is 9.24. The van der Waals surface area contributed by atoms with Gasteiger partial charge in [0.05, 0.1) is 23.4 Å². The van der Waals surface area contributed by atoms with Crippen LogP contribution in [0.4, 0.5) is 21.6 Å². The van der Waals surface area contributed by atoms with Gasteiger partial charge in [-0.1, -0.05) is 29.4 Å². The van der Waals surface area contributed by atoms with E-state index in [1.54, 1.807) is 24.3 Å². The first-order valence-corrected chi connectivity index (χ1v) is 13.3. The van der Waals surface area contributed by atoms with Crippen molar-refractivity contribution in [3.63, 3.8) is 0 Å². The molecule has 200 valence electrons. The van der Waals surface area contributed by atoms with Crippen LogP contribution in [-0.2, 0) is 9.59 Å². The number of aromatic nitrogens is 2. The minimum Gasteiger partial charge on any atom is -0.489 e. The van der Waals surface area contributed by atoms with Gasteiger partial charge < -0.3 is 25.6 Å². The summed E-state index contributed by atoms with van der Waals surface area (Å²) in [6.45, 7) is 7.72. The van der Waals surface area contributed by atoms with Crippen molar-refractivity contribution in [2.45, 2.75) is 32.2 Å². The number of piperidine rings is 1. The normalized spacial score (nSPS) is 15.1. The molecule has 1 aliphatic heterocycles. The molecule has 1 unspecified atom stereocenters. The molecule has 1 aromatic heterocycles. The number of hydrogen-bond acceptors (Lipinski definition) is 7. The van der Waals surface area contributed by atoms with Crippen molar-refractivity contribution in [1.29, 1.82) is 0 Å². The summed E-state index contributed by atoms with van der Waals surface area (Å²) in [6, 6.07) is 8.14. The molecule has 3 N–H and O–H groups in total. The second-order valence-corrected chi connectivity index (χ2v) is 9.74. The number of ether oxygens (including phenoxy) is 1. The van der Waals surface area contributed by atoms with E-state index in [9.17, 15) is 14.0 Å². The monoisotopic (exact) mass is 584 g/mol. The zero-order valence-corrected chi connectivity index (χ0v) is 22.7. The molecule has 1 atom stereocenters. The molecule has 2 amide bonds. The average Bonchev–Trinajstić information content (AvgIpc) is 2.93. The molecule has 0 saturated carbocycles. The maximum absolute atomic E-state index is 14.5. The smallest absolute Gasteiger partial charge is 0.247 e. The van der Waals surface area contributed by atoms with Crippen LogP contribution >= 0.6 is 15.9 Å². The SMILES string of the molecule is C=CC(=O)Nc1cc2c(Nc3ccc(Br)cc3F)ncnc2cc1OCCN(C(=O)CC)C1CCCNC1. The third-order valence-corrected chi connectivity index (χ3v) is 6.78. The van der Waals surface area contributed by atoms with E-state index in [1.807, 2.05) is 11.8 Å². The molecule has 0 aliphatic carbocycles. The number of carbonyl (C=O) groups is 2. The van der Waals surface area contributed by atoms with Crippen molar-refractivity contribution in [3.8, 4) is 5.75 Å². The minimum atomic E-state index is -0.453. The number of fused-ring (bicyclic) bond motifs is 1. The molecule has 9 nitrogen and oxygen atoms in total. The predicted molar refractivity (Wildman–Crippen MR) is 149 cm³/mol. The molecule has 3 aromatic rings. The van der Waals surface area contributed by atoms with Gasteiger partial charge in [0.1, 0.15) is 30.3 Å². The number of nitrogens with zero attached hydrogens (tertiary/aromatic N) is 3. The van der Waals surface area contributed by atoms with Gasteiger partial charge in [0.25, 0.3) is 0 Å². The molecule has 4 rings (SSSR count). The summed E-state index contributed by atoms with van der Waals surface area (Å²) < 4.78 is 21.2. The lowest BCUT2D eigenvalue weighted by atomic mass is 10.1. The fraction of sp³-hybridized carbons (Fsp3) is 0.333. The van der Waals surface area contributed by atoms with Crippen LogP contribution < -0.4 is 20.7 Å². The Morgan fingerprint density at radius 2 is 2.13 bits per heavy atom. The zero-order valence-electron chi connectivity index (χ0n) is 21.1. The molecule has 1 saturated heterocycles. The van der Waals surface area contributed by atoms with Crippen LogP contribution in [0.1, 0.15) is 26.2 Å². The Balaban J connectivity index is 1.60. The summed E-state index contributed by atoms with van der Waals surface area (Å²) in [5, 5.41) is 9.66. The summed E-state index contributed by atoms with van der Waals surface area (Å²) in [5.41, 5.74) is 1.15. The summed E-state index contributed by atoms with van der Waals surface area (Å²) in [5.74, 6) is -0.0509. The number of anilines is 3. The summed E-state index contributed by atoms with van der Waals surface area (Å²) >= 11 is 3.25. The molecule has 38 heavy (non-hydrogen) atoms. The van der Waals surface area contributed by atoms with Crippen LogP contribution in [0.3, 0.4) is 0 Å². The van der Waals surface area contributed by atoms with Crippen molar-refractivity contribution in [3.05, 3.63) is 59.6 Å². The molecule has 11 heteroatoms. The molecule has 1 fully saturated rings. The van der Waals surface area contributed by atoms with Gasteiger partial charge in [-0.3, -0.25) is 9.59 Å². The highest BCUT2D eigenvalue weighted by molar-refractivity contribution is 9.10. The van der Waals surface area contributed by atoms with E-state index < -0.39 is 11.7 Å². The third-order valence-electron chi connectivity index (χ3n) is 6.29. The number of amides is 2. The van der Waals surface area contributed by atoms with Crippen LogP contribution in [0.15, 0.2) is 53.8 Å². The van der Waals surface area contributed by atoms with Gasteiger partial charge in [0, 0.05) is 34.9 Å². The van der Waals surface area contributed by atoms with Crippen molar-refractivity contribution in [2.75, 3.05) is 36.9 Å². The first-order valence-electron chi connectivity index (χ1n) is 12.5. The van der Waals surface area contributed by atoms with Gasteiger partial charge in [0.15, 0.2) is 0 Å². The van der Waals surface area contributed by atoms with Crippen LogP contribution in [0.25, 0.3) is 10.9 Å². The lowest BCUT2D eigenvalue weighted by Crippen LogP contribution is -2.49. The van der Waals surface area contributed by atoms with Crippen molar-refractivity contribution >= 4 is 55.8 Å². The lowest BCUT2D eigenvalue weighted by Gasteiger charge is -2.34. The van der Waals surface area contributed by atoms with Crippen LogP contribution in [-0.4, -0.2) is 59.0 Å². The number of carbonyl (C=O) groups excluding carboxylic acids is 2. The van der Waals surface area contributed by atoms with E-state index in [4.69, 9.17) is 4.74 Å². The van der Waals surface area contributed by atoms with Crippen molar-refractivity contribution in [2.24, 2.45) is 0 Å². The highest BCUT2D eigenvalue weighted by Gasteiger charge is 2.24. The van der Waals surface area contributed by atoms with Crippen molar-refractivity contribution < 1.29 is 18.7 Å². The fourth-order valence-electron chi connectivity index (χ4n) is 4.37. The number of hydrogen-bond donors (Lipinski definition) is 3. The number of benzene rings is 2. The van der Waals surface area contributed by atoms with Gasteiger partial charge in [-0.15, -0.1) is 0 Å². The van der Waals surface area contributed by atoms with E-state index >= 15 is 0 Å². The predicted octanol–water partition coefficient (Wildman–Crippen LogP) is 4.77. The van der Waals surface area contributed by atoms with Crippen LogP contribution in [0.5, 0.6) is 5.75 Å². The van der Waals surface area contributed by atoms with Crippen LogP contribution in [0, 0.1) is 5.82 Å².